The SMILES string of the molecule is COC(=O)c1cc(Br)n(C(C)C)c1C(Cc1ccc(F)c(Cl)c1)c1ccc(Cl)cc1. The molecule has 30 heavy (non-hydrogen) atoms. The highest BCUT2D eigenvalue weighted by Crippen LogP contribution is 2.38. The van der Waals surface area contributed by atoms with Crippen molar-refractivity contribution in [2.45, 2.75) is 32.2 Å². The number of hydrogen-bond donors (Lipinski definition) is 0. The van der Waals surface area contributed by atoms with Gasteiger partial charge in [-0.2, -0.15) is 0 Å². The minimum Gasteiger partial charge on any atom is -0.465 e. The van der Waals surface area contributed by atoms with E-state index in [1.54, 1.807) is 18.2 Å². The van der Waals surface area contributed by atoms with Gasteiger partial charge in [0.15, 0.2) is 0 Å². The van der Waals surface area contributed by atoms with Crippen LogP contribution < -0.4 is 0 Å². The van der Waals surface area contributed by atoms with Crippen molar-refractivity contribution in [2.75, 3.05) is 7.11 Å². The standard InChI is InChI=1S/C23H21BrCl2FNO2/c1-13(2)28-21(24)12-18(23(29)30-3)22(28)17(15-5-7-16(25)8-6-15)10-14-4-9-20(27)19(26)11-14/h4-9,11-13,17H,10H2,1-3H3. The summed E-state index contributed by atoms with van der Waals surface area (Å²) in [6.07, 6.45) is 0.509. The van der Waals surface area contributed by atoms with Crippen LogP contribution in [0.4, 0.5) is 4.39 Å². The summed E-state index contributed by atoms with van der Waals surface area (Å²) in [5.41, 5.74) is 3.11. The first-order chi connectivity index (χ1) is 14.2. The number of hydrogen-bond acceptors (Lipinski definition) is 2. The zero-order chi connectivity index (χ0) is 22.0. The van der Waals surface area contributed by atoms with Crippen LogP contribution in [-0.4, -0.2) is 17.6 Å². The number of esters is 1. The third-order valence-corrected chi connectivity index (χ3v) is 6.13. The molecule has 1 unspecified atom stereocenters. The molecule has 1 aromatic heterocycles. The summed E-state index contributed by atoms with van der Waals surface area (Å²) in [6, 6.07) is 14.1. The Morgan fingerprint density at radius 2 is 1.80 bits per heavy atom. The number of halogens is 4. The summed E-state index contributed by atoms with van der Waals surface area (Å²) in [5, 5.41) is 0.687. The second-order valence-corrected chi connectivity index (χ2v) is 8.93. The topological polar surface area (TPSA) is 31.2 Å². The van der Waals surface area contributed by atoms with Gasteiger partial charge in [-0.3, -0.25) is 0 Å². The van der Waals surface area contributed by atoms with Gasteiger partial charge in [0, 0.05) is 22.7 Å². The highest BCUT2D eigenvalue weighted by atomic mass is 79.9. The molecule has 0 saturated heterocycles. The lowest BCUT2D eigenvalue weighted by Crippen LogP contribution is -2.17. The van der Waals surface area contributed by atoms with Crippen molar-refractivity contribution in [3.63, 3.8) is 0 Å². The van der Waals surface area contributed by atoms with Crippen LogP contribution in [0, 0.1) is 5.82 Å². The van der Waals surface area contributed by atoms with Gasteiger partial charge < -0.3 is 9.30 Å². The van der Waals surface area contributed by atoms with E-state index < -0.39 is 11.8 Å². The molecule has 3 aromatic rings. The predicted molar refractivity (Wildman–Crippen MR) is 122 cm³/mol. The molecule has 1 atom stereocenters. The predicted octanol–water partition coefficient (Wildman–Crippen LogP) is 7.44. The largest absolute Gasteiger partial charge is 0.465 e. The van der Waals surface area contributed by atoms with E-state index in [4.69, 9.17) is 27.9 Å². The molecule has 2 aromatic carbocycles. The summed E-state index contributed by atoms with van der Waals surface area (Å²) in [6.45, 7) is 4.09. The van der Waals surface area contributed by atoms with Crippen LogP contribution in [0.15, 0.2) is 53.1 Å². The van der Waals surface area contributed by atoms with E-state index >= 15 is 0 Å². The van der Waals surface area contributed by atoms with Gasteiger partial charge in [-0.1, -0.05) is 41.4 Å². The van der Waals surface area contributed by atoms with Crippen LogP contribution in [0.2, 0.25) is 10.0 Å². The summed E-state index contributed by atoms with van der Waals surface area (Å²) < 4.78 is 21.6. The fraction of sp³-hybridized carbons (Fsp3) is 0.261. The molecule has 7 heteroatoms. The molecule has 0 aliphatic heterocycles. The summed E-state index contributed by atoms with van der Waals surface area (Å²) in [4.78, 5) is 12.6. The minimum atomic E-state index is -0.466. The smallest absolute Gasteiger partial charge is 0.339 e. The molecule has 0 aliphatic rings. The molecule has 0 spiro atoms. The van der Waals surface area contributed by atoms with Crippen molar-refractivity contribution in [3.8, 4) is 0 Å². The average Bonchev–Trinajstić information content (AvgIpc) is 3.06. The fourth-order valence-electron chi connectivity index (χ4n) is 3.63. The molecule has 0 N–H and O–H groups in total. The Bertz CT molecular complexity index is 1060. The molecule has 0 amide bonds. The van der Waals surface area contributed by atoms with Crippen LogP contribution in [0.25, 0.3) is 0 Å². The monoisotopic (exact) mass is 511 g/mol. The van der Waals surface area contributed by atoms with Crippen molar-refractivity contribution < 1.29 is 13.9 Å². The molecule has 0 fully saturated rings. The molecule has 0 bridgehead atoms. The van der Waals surface area contributed by atoms with Crippen LogP contribution in [0.1, 0.15) is 53.0 Å². The van der Waals surface area contributed by atoms with Gasteiger partial charge in [-0.25, -0.2) is 9.18 Å². The Labute approximate surface area is 193 Å². The molecule has 0 radical (unpaired) electrons. The normalized spacial score (nSPS) is 12.3. The van der Waals surface area contributed by atoms with Crippen molar-refractivity contribution in [2.24, 2.45) is 0 Å². The van der Waals surface area contributed by atoms with Gasteiger partial charge in [0.05, 0.1) is 22.3 Å². The average molecular weight is 513 g/mol. The maximum atomic E-state index is 13.7. The zero-order valence-electron chi connectivity index (χ0n) is 16.8. The molecular formula is C23H21BrCl2FNO2. The van der Waals surface area contributed by atoms with Crippen LogP contribution in [-0.2, 0) is 11.2 Å². The number of methoxy groups -OCH3 is 1. The summed E-state index contributed by atoms with van der Waals surface area (Å²) in [7, 11) is 1.36. The van der Waals surface area contributed by atoms with Crippen molar-refractivity contribution >= 4 is 45.1 Å². The molecule has 3 nitrogen and oxygen atoms in total. The van der Waals surface area contributed by atoms with Crippen molar-refractivity contribution in [1.82, 2.24) is 4.57 Å². The Kier molecular flexibility index (Phi) is 7.27. The quantitative estimate of drug-likeness (QED) is 0.321. The first-order valence-electron chi connectivity index (χ1n) is 9.41. The van der Waals surface area contributed by atoms with E-state index in [-0.39, 0.29) is 17.0 Å². The number of aromatic nitrogens is 1. The summed E-state index contributed by atoms with van der Waals surface area (Å²) >= 11 is 15.7. The van der Waals surface area contributed by atoms with E-state index in [9.17, 15) is 9.18 Å². The number of rotatable bonds is 6. The van der Waals surface area contributed by atoms with Crippen LogP contribution in [0.5, 0.6) is 0 Å². The number of benzene rings is 2. The van der Waals surface area contributed by atoms with E-state index in [2.05, 4.69) is 20.5 Å². The highest BCUT2D eigenvalue weighted by Gasteiger charge is 2.29. The van der Waals surface area contributed by atoms with Crippen molar-refractivity contribution in [1.29, 1.82) is 0 Å². The Morgan fingerprint density at radius 1 is 1.13 bits per heavy atom. The Hall–Kier alpha value is -1.82. The van der Waals surface area contributed by atoms with Gasteiger partial charge in [0.1, 0.15) is 5.82 Å². The lowest BCUT2D eigenvalue weighted by Gasteiger charge is -2.24. The molecule has 0 saturated carbocycles. The third-order valence-electron chi connectivity index (χ3n) is 4.98. The van der Waals surface area contributed by atoms with Crippen LogP contribution >= 0.6 is 39.1 Å². The zero-order valence-corrected chi connectivity index (χ0v) is 19.9. The van der Waals surface area contributed by atoms with Gasteiger partial charge in [-0.05, 0) is 77.7 Å². The van der Waals surface area contributed by atoms with Gasteiger partial charge in [-0.15, -0.1) is 0 Å². The maximum absolute atomic E-state index is 13.7. The Morgan fingerprint density at radius 3 is 2.37 bits per heavy atom. The Balaban J connectivity index is 2.22. The second-order valence-electron chi connectivity index (χ2n) is 7.28. The molecular weight excluding hydrogens is 492 g/mol. The van der Waals surface area contributed by atoms with Gasteiger partial charge >= 0.3 is 5.97 Å². The number of nitrogens with zero attached hydrogens (tertiary/aromatic N) is 1. The third kappa shape index (κ3) is 4.74. The lowest BCUT2D eigenvalue weighted by molar-refractivity contribution is 0.0599. The molecule has 1 heterocycles. The molecule has 0 aliphatic carbocycles. The molecule has 3 rings (SSSR count). The van der Waals surface area contributed by atoms with E-state index in [1.807, 2.05) is 38.1 Å². The first-order valence-corrected chi connectivity index (χ1v) is 11.0. The van der Waals surface area contributed by atoms with Crippen molar-refractivity contribution in [3.05, 3.63) is 91.4 Å². The number of carbonyl (C=O) groups excluding carboxylic acids is 1. The number of ether oxygens (including phenoxy) is 1. The summed E-state index contributed by atoms with van der Waals surface area (Å²) in [5.74, 6) is -1.10. The second kappa shape index (κ2) is 9.54. The van der Waals surface area contributed by atoms with E-state index in [1.165, 1.54) is 13.2 Å². The fourth-order valence-corrected chi connectivity index (χ4v) is 4.79. The van der Waals surface area contributed by atoms with Gasteiger partial charge in [0.25, 0.3) is 0 Å². The van der Waals surface area contributed by atoms with E-state index in [0.29, 0.717) is 17.0 Å². The highest BCUT2D eigenvalue weighted by molar-refractivity contribution is 9.10. The lowest BCUT2D eigenvalue weighted by atomic mass is 9.87. The van der Waals surface area contributed by atoms with Gasteiger partial charge in [0.2, 0.25) is 0 Å². The number of carbonyl (C=O) groups is 1. The maximum Gasteiger partial charge on any atom is 0.339 e. The van der Waals surface area contributed by atoms with E-state index in [0.717, 1.165) is 21.4 Å². The minimum absolute atomic E-state index is 0.0657. The first kappa shape index (κ1) is 22.9. The van der Waals surface area contributed by atoms with Crippen LogP contribution in [0.3, 0.4) is 0 Å². The molecule has 158 valence electrons.